The molecule has 0 unspecified atom stereocenters. The molecule has 0 amide bonds. The Balaban J connectivity index is 0.00000196. The molecule has 0 radical (unpaired) electrons. The van der Waals surface area contributed by atoms with Crippen LogP contribution in [0, 0.1) is 0 Å². The van der Waals surface area contributed by atoms with Gasteiger partial charge in [0, 0.05) is 25.2 Å². The van der Waals surface area contributed by atoms with E-state index in [4.69, 9.17) is 18.0 Å². The zero-order valence-corrected chi connectivity index (χ0v) is 13.4. The molecule has 15 heavy (non-hydrogen) atoms. The van der Waals surface area contributed by atoms with Crippen LogP contribution in [0.1, 0.15) is 18.4 Å². The molecule has 1 aromatic rings. The minimum absolute atomic E-state index is 0. The van der Waals surface area contributed by atoms with Gasteiger partial charge in [-0.3, -0.25) is 0 Å². The fourth-order valence-corrected chi connectivity index (χ4v) is 2.05. The first-order valence-corrected chi connectivity index (χ1v) is 6.14. The first-order chi connectivity index (χ1) is 6.79. The summed E-state index contributed by atoms with van der Waals surface area (Å²) < 4.78 is 0.560. The zero-order valence-electron chi connectivity index (χ0n) is 8.82. The largest absolute Gasteiger partial charge is 0.385 e. The first kappa shape index (κ1) is 15.1. The second-order valence-corrected chi connectivity index (χ2v) is 4.95. The average molecular weight is 291 g/mol. The Morgan fingerprint density at radius 2 is 1.87 bits per heavy atom. The number of hydrogen-bond acceptors (Lipinski definition) is 2. The average Bonchev–Trinajstić information content (AvgIpc) is 2.18. The van der Waals surface area contributed by atoms with Crippen LogP contribution in [0.5, 0.6) is 0 Å². The van der Waals surface area contributed by atoms with Gasteiger partial charge >= 0.3 is 0 Å². The van der Waals surface area contributed by atoms with Gasteiger partial charge in [0.1, 0.15) is 4.32 Å². The quantitative estimate of drug-likeness (QED) is 0.513. The zero-order chi connectivity index (χ0) is 10.2. The van der Waals surface area contributed by atoms with Crippen molar-refractivity contribution in [2.45, 2.75) is 19.3 Å². The van der Waals surface area contributed by atoms with Gasteiger partial charge in [0.25, 0.3) is 0 Å². The summed E-state index contributed by atoms with van der Waals surface area (Å²) in [7, 11) is 0. The van der Waals surface area contributed by atoms with Gasteiger partial charge in [0.2, 0.25) is 0 Å². The number of thioether (sulfide) groups is 1. The fourth-order valence-electron chi connectivity index (χ4n) is 1.25. The summed E-state index contributed by atoms with van der Waals surface area (Å²) in [4.78, 5) is 0. The normalized spacial score (nSPS) is 9.33. The minimum atomic E-state index is 0. The Kier molecular flexibility index (Phi) is 9.37. The molecule has 0 aromatic heterocycles. The molecule has 1 rings (SSSR count). The van der Waals surface area contributed by atoms with E-state index in [2.05, 4.69) is 24.3 Å². The maximum Gasteiger partial charge on any atom is 0.131 e. The molecule has 0 aliphatic rings. The molecule has 0 spiro atoms. The van der Waals surface area contributed by atoms with E-state index in [9.17, 15) is 0 Å². The van der Waals surface area contributed by atoms with E-state index in [1.54, 1.807) is 11.8 Å². The molecule has 4 heteroatoms. The van der Waals surface area contributed by atoms with Gasteiger partial charge in [-0.1, -0.05) is 54.3 Å². The van der Waals surface area contributed by atoms with E-state index in [1.807, 2.05) is 6.07 Å². The Hall–Kier alpha value is 0.0834. The van der Waals surface area contributed by atoms with Crippen molar-refractivity contribution in [1.29, 1.82) is 0 Å². The number of nitrogens with two attached hydrogens (primary N) is 1. The third kappa shape index (κ3) is 7.95. The summed E-state index contributed by atoms with van der Waals surface area (Å²) >= 11 is 6.35. The molecule has 2 N–H and O–H groups in total. The molecule has 0 saturated heterocycles. The summed E-state index contributed by atoms with van der Waals surface area (Å²) in [6, 6.07) is 10.5. The van der Waals surface area contributed by atoms with Crippen LogP contribution in [0.2, 0.25) is 0 Å². The number of unbranched alkanes of at least 4 members (excludes halogenated alkanes) is 1. The molecule has 0 fully saturated rings. The van der Waals surface area contributed by atoms with Gasteiger partial charge in [-0.05, 0) is 24.8 Å². The van der Waals surface area contributed by atoms with Crippen molar-refractivity contribution in [3.8, 4) is 0 Å². The van der Waals surface area contributed by atoms with Gasteiger partial charge in [-0.15, -0.1) is 0 Å². The molecular weight excluding hydrogens is 276 g/mol. The van der Waals surface area contributed by atoms with Gasteiger partial charge in [-0.2, -0.15) is 0 Å². The third-order valence-electron chi connectivity index (χ3n) is 1.95. The van der Waals surface area contributed by atoms with E-state index >= 15 is 0 Å². The van der Waals surface area contributed by atoms with E-state index < -0.39 is 0 Å². The smallest absolute Gasteiger partial charge is 0.131 e. The Morgan fingerprint density at radius 3 is 2.47 bits per heavy atom. The molecule has 0 aliphatic carbocycles. The monoisotopic (exact) mass is 289 g/mol. The minimum Gasteiger partial charge on any atom is -0.385 e. The summed E-state index contributed by atoms with van der Waals surface area (Å²) in [5.74, 6) is 1.04. The van der Waals surface area contributed by atoms with E-state index in [0.717, 1.165) is 12.2 Å². The Morgan fingerprint density at radius 1 is 1.20 bits per heavy atom. The number of benzene rings is 1. The van der Waals surface area contributed by atoms with Crippen molar-refractivity contribution < 1.29 is 19.5 Å². The van der Waals surface area contributed by atoms with Gasteiger partial charge in [0.15, 0.2) is 0 Å². The van der Waals surface area contributed by atoms with Crippen LogP contribution < -0.4 is 5.73 Å². The van der Waals surface area contributed by atoms with Crippen molar-refractivity contribution in [1.82, 2.24) is 0 Å². The van der Waals surface area contributed by atoms with Crippen LogP contribution in [0.3, 0.4) is 0 Å². The van der Waals surface area contributed by atoms with Crippen molar-refractivity contribution in [3.05, 3.63) is 35.9 Å². The predicted octanol–water partition coefficient (Wildman–Crippen LogP) is 2.98. The first-order valence-electron chi connectivity index (χ1n) is 4.75. The Bertz CT molecular complexity index is 277. The number of rotatable bonds is 5. The number of aryl methyl sites for hydroxylation is 1. The summed E-state index contributed by atoms with van der Waals surface area (Å²) in [5.41, 5.74) is 6.79. The molecular formula is C11H15NS2Zn. The van der Waals surface area contributed by atoms with E-state index in [1.165, 1.54) is 18.4 Å². The van der Waals surface area contributed by atoms with Crippen molar-refractivity contribution in [3.63, 3.8) is 0 Å². The molecule has 0 atom stereocenters. The summed E-state index contributed by atoms with van der Waals surface area (Å²) in [6.07, 6.45) is 3.54. The molecule has 78 valence electrons. The van der Waals surface area contributed by atoms with Crippen LogP contribution in [-0.2, 0) is 25.9 Å². The maximum absolute atomic E-state index is 5.38. The fraction of sp³-hybridized carbons (Fsp3) is 0.364. The van der Waals surface area contributed by atoms with Gasteiger partial charge in [0.05, 0.1) is 0 Å². The van der Waals surface area contributed by atoms with Crippen LogP contribution in [0.25, 0.3) is 0 Å². The number of thiocarbonyl (C=S) groups is 1. The van der Waals surface area contributed by atoms with Crippen molar-refractivity contribution >= 4 is 28.3 Å². The topological polar surface area (TPSA) is 26.0 Å². The van der Waals surface area contributed by atoms with Gasteiger partial charge < -0.3 is 5.73 Å². The number of hydrogen-bond donors (Lipinski definition) is 1. The second kappa shape index (κ2) is 9.32. The van der Waals surface area contributed by atoms with Crippen LogP contribution in [-0.4, -0.2) is 10.1 Å². The molecule has 1 nitrogen and oxygen atoms in total. The predicted molar refractivity (Wildman–Crippen MR) is 68.6 cm³/mol. The molecule has 0 saturated carbocycles. The van der Waals surface area contributed by atoms with Crippen LogP contribution in [0.4, 0.5) is 0 Å². The molecule has 0 aliphatic heterocycles. The molecule has 0 bridgehead atoms. The Labute approximate surface area is 114 Å². The third-order valence-corrected chi connectivity index (χ3v) is 3.08. The standard InChI is InChI=1S/C11H15NS2.Zn/c12-11(13)14-9-5-4-8-10-6-2-1-3-7-10;/h1-3,6-7H,4-5,8-9H2,(H2,12,13);. The van der Waals surface area contributed by atoms with Gasteiger partial charge in [-0.25, -0.2) is 0 Å². The van der Waals surface area contributed by atoms with Crippen molar-refractivity contribution in [2.75, 3.05) is 5.75 Å². The van der Waals surface area contributed by atoms with E-state index in [0.29, 0.717) is 4.32 Å². The molecule has 0 heterocycles. The second-order valence-electron chi connectivity index (χ2n) is 3.11. The van der Waals surface area contributed by atoms with Crippen LogP contribution >= 0.6 is 24.0 Å². The summed E-state index contributed by atoms with van der Waals surface area (Å²) in [6.45, 7) is 0. The SMILES string of the molecule is NC(=S)SCCCCc1ccccc1.[Zn]. The van der Waals surface area contributed by atoms with E-state index in [-0.39, 0.29) is 19.5 Å². The summed E-state index contributed by atoms with van der Waals surface area (Å²) in [5, 5.41) is 0. The van der Waals surface area contributed by atoms with Crippen LogP contribution in [0.15, 0.2) is 30.3 Å². The van der Waals surface area contributed by atoms with Crippen molar-refractivity contribution in [2.24, 2.45) is 5.73 Å². The maximum atomic E-state index is 5.38. The molecule has 1 aromatic carbocycles.